The fourth-order valence-corrected chi connectivity index (χ4v) is 3.50. The van der Waals surface area contributed by atoms with Crippen molar-refractivity contribution < 1.29 is 28.5 Å². The van der Waals surface area contributed by atoms with E-state index in [1.807, 2.05) is 30.3 Å². The van der Waals surface area contributed by atoms with E-state index in [4.69, 9.17) is 18.9 Å². The van der Waals surface area contributed by atoms with Crippen LogP contribution >= 0.6 is 0 Å². The van der Waals surface area contributed by atoms with Gasteiger partial charge in [-0.25, -0.2) is 9.59 Å². The molecule has 29 heavy (non-hydrogen) atoms. The Morgan fingerprint density at radius 2 is 1.79 bits per heavy atom. The average molecular weight is 408 g/mol. The highest BCUT2D eigenvalue weighted by molar-refractivity contribution is 5.82. The van der Waals surface area contributed by atoms with Crippen molar-refractivity contribution in [2.24, 2.45) is 0 Å². The van der Waals surface area contributed by atoms with Gasteiger partial charge in [0.25, 0.3) is 0 Å². The van der Waals surface area contributed by atoms with Crippen molar-refractivity contribution in [2.45, 2.75) is 76.4 Å². The Kier molecular flexibility index (Phi) is 8.05. The molecule has 0 spiro atoms. The number of rotatable bonds is 7. The van der Waals surface area contributed by atoms with E-state index in [2.05, 4.69) is 5.32 Å². The minimum Gasteiger partial charge on any atom is -0.455 e. The van der Waals surface area contributed by atoms with Gasteiger partial charge < -0.3 is 24.3 Å². The molecular formula is C22H33NO6. The highest BCUT2D eigenvalue weighted by atomic mass is 16.7. The lowest BCUT2D eigenvalue weighted by molar-refractivity contribution is -0.278. The number of carbonyl (C=O) groups is 2. The predicted octanol–water partition coefficient (Wildman–Crippen LogP) is 3.60. The molecule has 162 valence electrons. The van der Waals surface area contributed by atoms with Crippen molar-refractivity contribution in [3.63, 3.8) is 0 Å². The Morgan fingerprint density at radius 3 is 2.38 bits per heavy atom. The SMILES string of the molecule is COC1(OC)CCCC[C@@H]1OC(=O)[C@H](Cc1ccccc1)NC(=O)OC(C)(C)C. The summed E-state index contributed by atoms with van der Waals surface area (Å²) >= 11 is 0. The Hall–Kier alpha value is -2.12. The number of esters is 1. The highest BCUT2D eigenvalue weighted by Gasteiger charge is 2.45. The number of methoxy groups -OCH3 is 2. The molecule has 1 aliphatic carbocycles. The first-order chi connectivity index (χ1) is 13.7. The van der Waals surface area contributed by atoms with Gasteiger partial charge in [-0.05, 0) is 45.6 Å². The molecule has 1 N–H and O–H groups in total. The Labute approximate surface area is 173 Å². The number of benzene rings is 1. The lowest BCUT2D eigenvalue weighted by atomic mass is 9.90. The van der Waals surface area contributed by atoms with E-state index in [0.29, 0.717) is 19.3 Å². The van der Waals surface area contributed by atoms with Crippen LogP contribution in [0.5, 0.6) is 0 Å². The van der Waals surface area contributed by atoms with Gasteiger partial charge in [0.2, 0.25) is 5.79 Å². The van der Waals surface area contributed by atoms with Gasteiger partial charge in [-0.15, -0.1) is 0 Å². The zero-order valence-corrected chi connectivity index (χ0v) is 18.0. The summed E-state index contributed by atoms with van der Waals surface area (Å²) in [6.07, 6.45) is 2.20. The highest BCUT2D eigenvalue weighted by Crippen LogP contribution is 2.34. The summed E-state index contributed by atoms with van der Waals surface area (Å²) in [6.45, 7) is 5.31. The van der Waals surface area contributed by atoms with Crippen LogP contribution in [0.3, 0.4) is 0 Å². The van der Waals surface area contributed by atoms with E-state index in [1.54, 1.807) is 35.0 Å². The Morgan fingerprint density at radius 1 is 1.14 bits per heavy atom. The van der Waals surface area contributed by atoms with Gasteiger partial charge in [0, 0.05) is 27.1 Å². The van der Waals surface area contributed by atoms with Crippen molar-refractivity contribution in [3.8, 4) is 0 Å². The third-order valence-corrected chi connectivity index (χ3v) is 4.94. The molecule has 0 heterocycles. The van der Waals surface area contributed by atoms with Crippen LogP contribution in [0.15, 0.2) is 30.3 Å². The quantitative estimate of drug-likeness (QED) is 0.549. The molecule has 2 atom stereocenters. The van der Waals surface area contributed by atoms with Gasteiger partial charge in [-0.1, -0.05) is 30.3 Å². The van der Waals surface area contributed by atoms with Gasteiger partial charge >= 0.3 is 12.1 Å². The number of nitrogens with one attached hydrogen (secondary N) is 1. The third-order valence-electron chi connectivity index (χ3n) is 4.94. The number of carbonyl (C=O) groups excluding carboxylic acids is 2. The van der Waals surface area contributed by atoms with Gasteiger partial charge in [0.1, 0.15) is 11.6 Å². The molecular weight excluding hydrogens is 374 g/mol. The van der Waals surface area contributed by atoms with E-state index >= 15 is 0 Å². The van der Waals surface area contributed by atoms with Crippen LogP contribution in [0.4, 0.5) is 4.79 Å². The molecule has 7 heteroatoms. The summed E-state index contributed by atoms with van der Waals surface area (Å²) in [5, 5.41) is 2.66. The van der Waals surface area contributed by atoms with E-state index in [9.17, 15) is 9.59 Å². The molecule has 0 unspecified atom stereocenters. The van der Waals surface area contributed by atoms with Crippen LogP contribution in [-0.4, -0.2) is 49.8 Å². The van der Waals surface area contributed by atoms with E-state index in [0.717, 1.165) is 18.4 Å². The molecule has 1 saturated carbocycles. The maximum absolute atomic E-state index is 13.0. The smallest absolute Gasteiger partial charge is 0.408 e. The summed E-state index contributed by atoms with van der Waals surface area (Å²) in [5.41, 5.74) is 0.231. The summed E-state index contributed by atoms with van der Waals surface area (Å²) < 4.78 is 22.3. The standard InChI is InChI=1S/C22H33NO6/c1-21(2,3)29-20(25)23-17(15-16-11-7-6-8-12-16)19(24)28-18-13-9-10-14-22(18,26-4)27-5/h6-8,11-12,17-18H,9-10,13-15H2,1-5H3,(H,23,25)/t17-,18-/m0/s1. The first kappa shape index (κ1) is 23.2. The second kappa shape index (κ2) is 10.1. The Bertz CT molecular complexity index is 666. The molecule has 1 aromatic carbocycles. The average Bonchev–Trinajstić information content (AvgIpc) is 2.67. The van der Waals surface area contributed by atoms with Crippen molar-refractivity contribution in [2.75, 3.05) is 14.2 Å². The minimum atomic E-state index is -0.961. The molecule has 0 saturated heterocycles. The van der Waals surface area contributed by atoms with Crippen LogP contribution in [0, 0.1) is 0 Å². The van der Waals surface area contributed by atoms with Crippen LogP contribution in [0.25, 0.3) is 0 Å². The third kappa shape index (κ3) is 6.72. The molecule has 0 radical (unpaired) electrons. The van der Waals surface area contributed by atoms with Crippen LogP contribution < -0.4 is 5.32 Å². The molecule has 2 rings (SSSR count). The lowest BCUT2D eigenvalue weighted by Crippen LogP contribution is -2.53. The first-order valence-electron chi connectivity index (χ1n) is 10.0. The van der Waals surface area contributed by atoms with Gasteiger partial charge in [0.15, 0.2) is 6.10 Å². The normalized spacial score (nSPS) is 19.8. The molecule has 0 bridgehead atoms. The topological polar surface area (TPSA) is 83.1 Å². The van der Waals surface area contributed by atoms with E-state index in [1.165, 1.54) is 0 Å². The molecule has 7 nitrogen and oxygen atoms in total. The van der Waals surface area contributed by atoms with Gasteiger partial charge in [-0.2, -0.15) is 0 Å². The fraction of sp³-hybridized carbons (Fsp3) is 0.636. The van der Waals surface area contributed by atoms with Crippen molar-refractivity contribution in [1.82, 2.24) is 5.32 Å². The zero-order valence-electron chi connectivity index (χ0n) is 18.0. The minimum absolute atomic E-state index is 0.290. The lowest BCUT2D eigenvalue weighted by Gasteiger charge is -2.41. The van der Waals surface area contributed by atoms with Crippen LogP contribution in [0.1, 0.15) is 52.0 Å². The fourth-order valence-electron chi connectivity index (χ4n) is 3.50. The number of hydrogen-bond acceptors (Lipinski definition) is 6. The van der Waals surface area contributed by atoms with E-state index in [-0.39, 0.29) is 0 Å². The van der Waals surface area contributed by atoms with Crippen LogP contribution in [0.2, 0.25) is 0 Å². The second-order valence-corrected chi connectivity index (χ2v) is 8.28. The summed E-state index contributed by atoms with van der Waals surface area (Å²) in [7, 11) is 3.10. The molecule has 1 amide bonds. The predicted molar refractivity (Wildman–Crippen MR) is 108 cm³/mol. The number of alkyl carbamates (subject to hydrolysis) is 1. The maximum Gasteiger partial charge on any atom is 0.408 e. The van der Waals surface area contributed by atoms with Gasteiger partial charge in [0.05, 0.1) is 0 Å². The Balaban J connectivity index is 2.15. The zero-order chi connectivity index (χ0) is 21.5. The largest absolute Gasteiger partial charge is 0.455 e. The monoisotopic (exact) mass is 407 g/mol. The molecule has 0 aliphatic heterocycles. The number of hydrogen-bond donors (Lipinski definition) is 1. The number of amides is 1. The molecule has 1 aromatic rings. The van der Waals surface area contributed by atoms with Crippen molar-refractivity contribution in [3.05, 3.63) is 35.9 Å². The molecule has 1 fully saturated rings. The second-order valence-electron chi connectivity index (χ2n) is 8.28. The van der Waals surface area contributed by atoms with Crippen molar-refractivity contribution >= 4 is 12.1 Å². The summed E-state index contributed by atoms with van der Waals surface area (Å²) in [4.78, 5) is 25.3. The number of ether oxygens (including phenoxy) is 4. The van der Waals surface area contributed by atoms with Gasteiger partial charge in [-0.3, -0.25) is 0 Å². The van der Waals surface area contributed by atoms with E-state index < -0.39 is 35.6 Å². The summed E-state index contributed by atoms with van der Waals surface area (Å²) in [6, 6.07) is 8.56. The summed E-state index contributed by atoms with van der Waals surface area (Å²) in [5.74, 6) is -1.50. The van der Waals surface area contributed by atoms with Crippen molar-refractivity contribution in [1.29, 1.82) is 0 Å². The van der Waals surface area contributed by atoms with Crippen LogP contribution in [-0.2, 0) is 30.2 Å². The molecule has 1 aliphatic rings. The maximum atomic E-state index is 13.0. The molecule has 0 aromatic heterocycles. The first-order valence-corrected chi connectivity index (χ1v) is 10.0.